The molecule has 0 aliphatic carbocycles. The molecule has 1 N–H and O–H groups in total. The molecule has 1 aliphatic rings. The van der Waals surface area contributed by atoms with E-state index >= 15 is 0 Å². The molecule has 0 amide bonds. The second-order valence-electron chi connectivity index (χ2n) is 6.68. The molecule has 6 heteroatoms. The van der Waals surface area contributed by atoms with Gasteiger partial charge in [0.25, 0.3) is 0 Å². The Hall–Kier alpha value is -2.63. The highest BCUT2D eigenvalue weighted by molar-refractivity contribution is 6.01. The minimum Gasteiger partial charge on any atom is -0.466 e. The van der Waals surface area contributed by atoms with E-state index in [9.17, 15) is 14.0 Å². The van der Waals surface area contributed by atoms with Gasteiger partial charge in [-0.3, -0.25) is 0 Å². The Labute approximate surface area is 152 Å². The smallest absolute Gasteiger partial charge is 0.337 e. The first kappa shape index (κ1) is 19.7. The van der Waals surface area contributed by atoms with Crippen LogP contribution in [0, 0.1) is 5.82 Å². The lowest BCUT2D eigenvalue weighted by molar-refractivity contribution is -0.143. The molecule has 0 fully saturated rings. The van der Waals surface area contributed by atoms with Gasteiger partial charge in [-0.15, -0.1) is 0 Å². The molecule has 1 aromatic carbocycles. The molecule has 1 aliphatic heterocycles. The minimum absolute atomic E-state index is 0.173. The molecular formula is C20H24FNO4. The normalized spacial score (nSPS) is 20.2. The predicted molar refractivity (Wildman–Crippen MR) is 95.5 cm³/mol. The maximum Gasteiger partial charge on any atom is 0.337 e. The van der Waals surface area contributed by atoms with Crippen LogP contribution in [0.15, 0.2) is 46.8 Å². The van der Waals surface area contributed by atoms with E-state index in [0.29, 0.717) is 11.4 Å². The van der Waals surface area contributed by atoms with Gasteiger partial charge in [0.1, 0.15) is 5.82 Å². The third-order valence-electron chi connectivity index (χ3n) is 4.47. The largest absolute Gasteiger partial charge is 0.466 e. The lowest BCUT2D eigenvalue weighted by Crippen LogP contribution is -2.44. The van der Waals surface area contributed by atoms with Gasteiger partial charge in [0.05, 0.1) is 29.8 Å². The van der Waals surface area contributed by atoms with Crippen LogP contribution in [0.25, 0.3) is 0 Å². The summed E-state index contributed by atoms with van der Waals surface area (Å²) in [4.78, 5) is 25.4. The molecular weight excluding hydrogens is 337 g/mol. The van der Waals surface area contributed by atoms with E-state index in [1.54, 1.807) is 52.8 Å². The lowest BCUT2D eigenvalue weighted by atomic mass is 9.67. The number of rotatable bonds is 4. The van der Waals surface area contributed by atoms with Gasteiger partial charge in [-0.1, -0.05) is 18.2 Å². The molecule has 1 aromatic rings. The van der Waals surface area contributed by atoms with E-state index in [1.807, 2.05) is 0 Å². The highest BCUT2D eigenvalue weighted by Gasteiger charge is 2.49. The number of halogens is 1. The number of hydrogen-bond donors (Lipinski definition) is 1. The Morgan fingerprint density at radius 1 is 1.08 bits per heavy atom. The van der Waals surface area contributed by atoms with Crippen molar-refractivity contribution >= 4 is 11.9 Å². The van der Waals surface area contributed by atoms with Crippen LogP contribution >= 0.6 is 0 Å². The number of dihydropyridines is 1. The first-order valence-electron chi connectivity index (χ1n) is 8.38. The zero-order valence-corrected chi connectivity index (χ0v) is 15.9. The molecule has 0 bridgehead atoms. The van der Waals surface area contributed by atoms with Crippen molar-refractivity contribution in [3.8, 4) is 0 Å². The van der Waals surface area contributed by atoms with E-state index in [2.05, 4.69) is 5.32 Å². The number of carbonyl (C=O) groups excluding carboxylic acids is 2. The van der Waals surface area contributed by atoms with Gasteiger partial charge in [-0.05, 0) is 40.7 Å². The van der Waals surface area contributed by atoms with Crippen molar-refractivity contribution in [1.82, 2.24) is 5.32 Å². The van der Waals surface area contributed by atoms with Crippen molar-refractivity contribution in [3.63, 3.8) is 0 Å². The van der Waals surface area contributed by atoms with Crippen LogP contribution in [0.3, 0.4) is 0 Å². The van der Waals surface area contributed by atoms with Crippen molar-refractivity contribution in [2.75, 3.05) is 7.11 Å². The molecule has 26 heavy (non-hydrogen) atoms. The minimum atomic E-state index is -1.36. The third-order valence-corrected chi connectivity index (χ3v) is 4.47. The molecule has 0 saturated heterocycles. The third kappa shape index (κ3) is 3.23. The number of methoxy groups -OCH3 is 1. The highest BCUT2D eigenvalue weighted by Crippen LogP contribution is 2.45. The van der Waals surface area contributed by atoms with E-state index in [-0.39, 0.29) is 22.8 Å². The summed E-state index contributed by atoms with van der Waals surface area (Å²) >= 11 is 0. The lowest BCUT2D eigenvalue weighted by Gasteiger charge is -2.39. The molecule has 0 aromatic heterocycles. The van der Waals surface area contributed by atoms with Crippen LogP contribution in [-0.2, 0) is 24.5 Å². The van der Waals surface area contributed by atoms with Crippen LogP contribution in [-0.4, -0.2) is 25.2 Å². The summed E-state index contributed by atoms with van der Waals surface area (Å²) in [5, 5.41) is 3.03. The summed E-state index contributed by atoms with van der Waals surface area (Å²) in [7, 11) is 1.25. The number of hydrogen-bond acceptors (Lipinski definition) is 5. The van der Waals surface area contributed by atoms with Crippen LogP contribution < -0.4 is 5.32 Å². The Morgan fingerprint density at radius 3 is 2.12 bits per heavy atom. The van der Waals surface area contributed by atoms with Crippen LogP contribution in [0.5, 0.6) is 0 Å². The number of nitrogens with one attached hydrogen (secondary N) is 1. The quantitative estimate of drug-likeness (QED) is 0.833. The topological polar surface area (TPSA) is 64.6 Å². The van der Waals surface area contributed by atoms with Gasteiger partial charge in [0.2, 0.25) is 0 Å². The molecule has 140 valence electrons. The molecule has 0 saturated carbocycles. The Balaban J connectivity index is 2.81. The molecule has 1 unspecified atom stereocenters. The van der Waals surface area contributed by atoms with Gasteiger partial charge in [-0.2, -0.15) is 0 Å². The van der Waals surface area contributed by atoms with E-state index in [4.69, 9.17) is 9.47 Å². The van der Waals surface area contributed by atoms with Gasteiger partial charge in [0, 0.05) is 17.0 Å². The SMILES string of the molecule is COC(=O)C1=C(C)NC(C)=C(C(=O)OC(C)C)C1(C)c1ccccc1F. The molecule has 2 rings (SSSR count). The zero-order valence-electron chi connectivity index (χ0n) is 15.9. The summed E-state index contributed by atoms with van der Waals surface area (Å²) in [6.45, 7) is 8.50. The second-order valence-corrected chi connectivity index (χ2v) is 6.68. The second kappa shape index (κ2) is 7.32. The highest BCUT2D eigenvalue weighted by atomic mass is 19.1. The predicted octanol–water partition coefficient (Wildman–Crippen LogP) is 3.36. The van der Waals surface area contributed by atoms with Gasteiger partial charge in [0.15, 0.2) is 0 Å². The van der Waals surface area contributed by atoms with Crippen molar-refractivity contribution in [3.05, 3.63) is 58.2 Å². The Morgan fingerprint density at radius 2 is 1.62 bits per heavy atom. The summed E-state index contributed by atoms with van der Waals surface area (Å²) in [5.41, 5.74) is 0.210. The van der Waals surface area contributed by atoms with Gasteiger partial charge >= 0.3 is 11.9 Å². The van der Waals surface area contributed by atoms with E-state index in [1.165, 1.54) is 13.2 Å². The fourth-order valence-electron chi connectivity index (χ4n) is 3.51. The standard InChI is InChI=1S/C20H24FNO4/c1-11(2)26-19(24)17-13(4)22-12(3)16(18(23)25-6)20(17,5)14-9-7-8-10-15(14)21/h7-11,22H,1-6H3. The maximum absolute atomic E-state index is 14.7. The molecule has 0 radical (unpaired) electrons. The number of ether oxygens (including phenoxy) is 2. The van der Waals surface area contributed by atoms with Crippen LogP contribution in [0.2, 0.25) is 0 Å². The van der Waals surface area contributed by atoms with Gasteiger partial charge in [-0.25, -0.2) is 14.0 Å². The summed E-state index contributed by atoms with van der Waals surface area (Å²) in [6.07, 6.45) is -0.360. The Bertz CT molecular complexity index is 810. The number of esters is 2. The molecule has 1 atom stereocenters. The summed E-state index contributed by atoms with van der Waals surface area (Å²) < 4.78 is 25.1. The zero-order chi connectivity index (χ0) is 19.6. The Kier molecular flexibility index (Phi) is 5.54. The van der Waals surface area contributed by atoms with Crippen molar-refractivity contribution in [2.24, 2.45) is 0 Å². The first-order valence-corrected chi connectivity index (χ1v) is 8.38. The average molecular weight is 361 g/mol. The van der Waals surface area contributed by atoms with Crippen LogP contribution in [0.1, 0.15) is 40.2 Å². The molecule has 0 spiro atoms. The first-order chi connectivity index (χ1) is 12.1. The molecule has 1 heterocycles. The molecule has 5 nitrogen and oxygen atoms in total. The van der Waals surface area contributed by atoms with Crippen LogP contribution in [0.4, 0.5) is 4.39 Å². The average Bonchev–Trinajstić information content (AvgIpc) is 2.53. The van der Waals surface area contributed by atoms with Crippen molar-refractivity contribution in [2.45, 2.75) is 46.1 Å². The van der Waals surface area contributed by atoms with Crippen molar-refractivity contribution < 1.29 is 23.5 Å². The van der Waals surface area contributed by atoms with E-state index < -0.39 is 23.2 Å². The number of benzene rings is 1. The van der Waals surface area contributed by atoms with Crippen molar-refractivity contribution in [1.29, 1.82) is 0 Å². The van der Waals surface area contributed by atoms with Gasteiger partial charge < -0.3 is 14.8 Å². The summed E-state index contributed by atoms with van der Waals surface area (Å²) in [6, 6.07) is 6.08. The monoisotopic (exact) mass is 361 g/mol. The van der Waals surface area contributed by atoms with E-state index in [0.717, 1.165) is 0 Å². The summed E-state index contributed by atoms with van der Waals surface area (Å²) in [5.74, 6) is -1.76. The number of carbonyl (C=O) groups is 2. The fraction of sp³-hybridized carbons (Fsp3) is 0.400. The fourth-order valence-corrected chi connectivity index (χ4v) is 3.51. The maximum atomic E-state index is 14.7. The number of allylic oxidation sites excluding steroid dienone is 2.